The van der Waals surface area contributed by atoms with E-state index in [1.54, 1.807) is 4.90 Å². The number of carbonyl (C=O) groups is 1. The Hall–Kier alpha value is -1.77. The zero-order chi connectivity index (χ0) is 10.3. The molecule has 76 valence electrons. The molecule has 0 spiro atoms. The summed E-state index contributed by atoms with van der Waals surface area (Å²) in [6, 6.07) is 7.58. The molecule has 0 fully saturated rings. The molecule has 15 heavy (non-hydrogen) atoms. The van der Waals surface area contributed by atoms with Gasteiger partial charge in [0.2, 0.25) is 0 Å². The molecule has 1 atom stereocenters. The first-order valence-electron chi connectivity index (χ1n) is 5.07. The summed E-state index contributed by atoms with van der Waals surface area (Å²) >= 11 is 0. The first-order valence-corrected chi connectivity index (χ1v) is 5.07. The predicted molar refractivity (Wildman–Crippen MR) is 55.7 cm³/mol. The van der Waals surface area contributed by atoms with E-state index in [1.165, 1.54) is 0 Å². The topological polar surface area (TPSA) is 29.5 Å². The summed E-state index contributed by atoms with van der Waals surface area (Å²) in [5.41, 5.74) is 0.659. The van der Waals surface area contributed by atoms with Gasteiger partial charge >= 0.3 is 0 Å². The van der Waals surface area contributed by atoms with Crippen LogP contribution in [0.4, 0.5) is 0 Å². The van der Waals surface area contributed by atoms with Crippen molar-refractivity contribution >= 4 is 5.91 Å². The summed E-state index contributed by atoms with van der Waals surface area (Å²) in [5, 5.41) is 0. The third kappa shape index (κ3) is 1.23. The number of nitrogens with zero attached hydrogens (tertiary/aromatic N) is 1. The number of amides is 1. The quantitative estimate of drug-likeness (QED) is 0.640. The number of benzene rings is 1. The van der Waals surface area contributed by atoms with Crippen LogP contribution >= 0.6 is 0 Å². The van der Waals surface area contributed by atoms with E-state index >= 15 is 0 Å². The van der Waals surface area contributed by atoms with E-state index in [-0.39, 0.29) is 11.9 Å². The van der Waals surface area contributed by atoms with Gasteiger partial charge in [-0.2, -0.15) is 0 Å². The first-order chi connectivity index (χ1) is 7.36. The molecule has 2 aliphatic rings. The highest BCUT2D eigenvalue weighted by molar-refractivity contribution is 5.98. The van der Waals surface area contributed by atoms with E-state index in [4.69, 9.17) is 4.74 Å². The van der Waals surface area contributed by atoms with Crippen LogP contribution in [0.15, 0.2) is 36.5 Å². The smallest absolute Gasteiger partial charge is 0.261 e. The van der Waals surface area contributed by atoms with Gasteiger partial charge in [-0.1, -0.05) is 18.2 Å². The van der Waals surface area contributed by atoms with Crippen LogP contribution in [0.5, 0.6) is 5.75 Å². The average molecular weight is 201 g/mol. The number of para-hydroxylation sites is 1. The Kier molecular flexibility index (Phi) is 1.78. The van der Waals surface area contributed by atoms with Crippen molar-refractivity contribution in [1.82, 2.24) is 4.90 Å². The highest BCUT2D eigenvalue weighted by Gasteiger charge is 2.31. The Balaban J connectivity index is 2.08. The second-order valence-electron chi connectivity index (χ2n) is 3.79. The molecule has 1 aromatic rings. The van der Waals surface area contributed by atoms with E-state index in [0.29, 0.717) is 17.9 Å². The molecule has 2 heterocycles. The molecule has 0 saturated carbocycles. The Bertz CT molecular complexity index is 439. The Labute approximate surface area is 88.0 Å². The van der Waals surface area contributed by atoms with Gasteiger partial charge in [0, 0.05) is 6.20 Å². The van der Waals surface area contributed by atoms with Crippen LogP contribution < -0.4 is 4.74 Å². The van der Waals surface area contributed by atoms with E-state index in [9.17, 15) is 4.79 Å². The maximum atomic E-state index is 12.1. The summed E-state index contributed by atoms with van der Waals surface area (Å²) in [7, 11) is 0. The molecule has 1 unspecified atom stereocenters. The van der Waals surface area contributed by atoms with Crippen LogP contribution in [0, 0.1) is 0 Å². The van der Waals surface area contributed by atoms with E-state index in [2.05, 4.69) is 0 Å². The van der Waals surface area contributed by atoms with Crippen molar-refractivity contribution in [2.45, 2.75) is 12.5 Å². The van der Waals surface area contributed by atoms with Crippen molar-refractivity contribution in [2.75, 3.05) is 6.61 Å². The van der Waals surface area contributed by atoms with Crippen LogP contribution in [0.3, 0.4) is 0 Å². The van der Waals surface area contributed by atoms with Gasteiger partial charge in [-0.05, 0) is 18.6 Å². The van der Waals surface area contributed by atoms with E-state index in [1.807, 2.05) is 36.5 Å². The SMILES string of the molecule is O=C1c2ccccc2OCC2CC=CN12. The number of hydrogen-bond donors (Lipinski definition) is 0. The van der Waals surface area contributed by atoms with Gasteiger partial charge in [0.15, 0.2) is 0 Å². The highest BCUT2D eigenvalue weighted by atomic mass is 16.5. The summed E-state index contributed by atoms with van der Waals surface area (Å²) in [4.78, 5) is 13.9. The molecule has 0 aromatic heterocycles. The maximum absolute atomic E-state index is 12.1. The lowest BCUT2D eigenvalue weighted by Crippen LogP contribution is -2.34. The van der Waals surface area contributed by atoms with Crippen LogP contribution in [-0.2, 0) is 0 Å². The lowest BCUT2D eigenvalue weighted by molar-refractivity contribution is 0.0777. The van der Waals surface area contributed by atoms with Crippen LogP contribution in [-0.4, -0.2) is 23.5 Å². The molecule has 2 aliphatic heterocycles. The molecule has 3 rings (SSSR count). The normalized spacial score (nSPS) is 23.1. The fourth-order valence-corrected chi connectivity index (χ4v) is 2.04. The highest BCUT2D eigenvalue weighted by Crippen LogP contribution is 2.28. The molecule has 3 nitrogen and oxygen atoms in total. The number of fused-ring (bicyclic) bond motifs is 2. The van der Waals surface area contributed by atoms with Gasteiger partial charge in [0.25, 0.3) is 5.91 Å². The summed E-state index contributed by atoms with van der Waals surface area (Å²) < 4.78 is 5.63. The standard InChI is InChI=1S/C12H11NO2/c14-12-10-5-1-2-6-11(10)15-8-9-4-3-7-13(9)12/h1-3,5-7,9H,4,8H2. The molecule has 0 N–H and O–H groups in total. The predicted octanol–water partition coefficient (Wildman–Crippen LogP) is 1.81. The van der Waals surface area contributed by atoms with Gasteiger partial charge in [-0.25, -0.2) is 0 Å². The largest absolute Gasteiger partial charge is 0.491 e. The second kappa shape index (κ2) is 3.12. The third-order valence-corrected chi connectivity index (χ3v) is 2.85. The molecule has 0 radical (unpaired) electrons. The molecule has 0 bridgehead atoms. The first kappa shape index (κ1) is 8.53. The third-order valence-electron chi connectivity index (χ3n) is 2.85. The molecule has 1 amide bonds. The molecule has 0 saturated heterocycles. The lowest BCUT2D eigenvalue weighted by Gasteiger charge is -2.19. The second-order valence-corrected chi connectivity index (χ2v) is 3.79. The van der Waals surface area contributed by atoms with Gasteiger partial charge in [0.1, 0.15) is 12.4 Å². The zero-order valence-corrected chi connectivity index (χ0v) is 8.22. The summed E-state index contributed by atoms with van der Waals surface area (Å²) in [6.45, 7) is 0.579. The molecular weight excluding hydrogens is 190 g/mol. The fraction of sp³-hybridized carbons (Fsp3) is 0.250. The molecular formula is C12H11NO2. The Morgan fingerprint density at radius 2 is 2.20 bits per heavy atom. The average Bonchev–Trinajstić information content (AvgIpc) is 2.69. The number of ether oxygens (including phenoxy) is 1. The molecule has 1 aromatic carbocycles. The van der Waals surface area contributed by atoms with Gasteiger partial charge in [-0.3, -0.25) is 4.79 Å². The van der Waals surface area contributed by atoms with E-state index in [0.717, 1.165) is 6.42 Å². The van der Waals surface area contributed by atoms with Crippen molar-refractivity contribution in [3.63, 3.8) is 0 Å². The summed E-state index contributed by atoms with van der Waals surface area (Å²) in [6.07, 6.45) is 4.76. The number of hydrogen-bond acceptors (Lipinski definition) is 2. The fourth-order valence-electron chi connectivity index (χ4n) is 2.04. The monoisotopic (exact) mass is 201 g/mol. The maximum Gasteiger partial charge on any atom is 0.261 e. The van der Waals surface area contributed by atoms with Crippen LogP contribution in [0.25, 0.3) is 0 Å². The molecule has 3 heteroatoms. The molecule has 0 aliphatic carbocycles. The minimum absolute atomic E-state index is 0.0434. The van der Waals surface area contributed by atoms with Gasteiger partial charge in [-0.15, -0.1) is 0 Å². The van der Waals surface area contributed by atoms with Gasteiger partial charge < -0.3 is 9.64 Å². The number of carbonyl (C=O) groups excluding carboxylic acids is 1. The van der Waals surface area contributed by atoms with Crippen LogP contribution in [0.1, 0.15) is 16.8 Å². The van der Waals surface area contributed by atoms with Crippen LogP contribution in [0.2, 0.25) is 0 Å². The van der Waals surface area contributed by atoms with E-state index < -0.39 is 0 Å². The Morgan fingerprint density at radius 1 is 1.33 bits per heavy atom. The van der Waals surface area contributed by atoms with Crippen molar-refractivity contribution in [1.29, 1.82) is 0 Å². The van der Waals surface area contributed by atoms with Gasteiger partial charge in [0.05, 0.1) is 11.6 Å². The van der Waals surface area contributed by atoms with Crippen molar-refractivity contribution in [3.8, 4) is 5.75 Å². The minimum Gasteiger partial charge on any atom is -0.491 e. The van der Waals surface area contributed by atoms with Crippen molar-refractivity contribution < 1.29 is 9.53 Å². The summed E-state index contributed by atoms with van der Waals surface area (Å²) in [5.74, 6) is 0.743. The lowest BCUT2D eigenvalue weighted by atomic mass is 10.2. The zero-order valence-electron chi connectivity index (χ0n) is 8.22. The number of rotatable bonds is 0. The Morgan fingerprint density at radius 3 is 3.13 bits per heavy atom. The minimum atomic E-state index is 0.0434. The van der Waals surface area contributed by atoms with Crippen molar-refractivity contribution in [3.05, 3.63) is 42.1 Å². The van der Waals surface area contributed by atoms with Crippen molar-refractivity contribution in [2.24, 2.45) is 0 Å².